The number of thiazole rings is 1. The van der Waals surface area contributed by atoms with Gasteiger partial charge in [-0.25, -0.2) is 18.1 Å². The number of rotatable bonds is 6. The summed E-state index contributed by atoms with van der Waals surface area (Å²) in [5.74, 6) is 0.0222. The fraction of sp³-hybridized carbons (Fsp3) is 0.0435. The third kappa shape index (κ3) is 3.89. The van der Waals surface area contributed by atoms with Crippen LogP contribution in [-0.4, -0.2) is 29.7 Å². The van der Waals surface area contributed by atoms with Crippen molar-refractivity contribution in [3.8, 4) is 5.88 Å². The lowest BCUT2D eigenvalue weighted by Crippen LogP contribution is -2.23. The Morgan fingerprint density at radius 1 is 1.06 bits per heavy atom. The molecule has 0 saturated carbocycles. The van der Waals surface area contributed by atoms with E-state index in [-0.39, 0.29) is 17.3 Å². The summed E-state index contributed by atoms with van der Waals surface area (Å²) in [5, 5.41) is 11.2. The Kier molecular flexibility index (Phi) is 5.22. The van der Waals surface area contributed by atoms with Gasteiger partial charge in [0.15, 0.2) is 5.88 Å². The Labute approximate surface area is 188 Å². The molecule has 2 aromatic heterocycles. The Morgan fingerprint density at radius 3 is 2.62 bits per heavy atom. The lowest BCUT2D eigenvalue weighted by Gasteiger charge is -2.07. The fourth-order valence-electron chi connectivity index (χ4n) is 3.45. The van der Waals surface area contributed by atoms with Gasteiger partial charge in [-0.15, -0.1) is 11.3 Å². The zero-order valence-corrected chi connectivity index (χ0v) is 18.3. The summed E-state index contributed by atoms with van der Waals surface area (Å²) in [6, 6.07) is 19.4. The molecule has 3 N–H and O–H groups in total. The zero-order chi connectivity index (χ0) is 22.1. The molecule has 0 aliphatic rings. The van der Waals surface area contributed by atoms with Crippen molar-refractivity contribution < 1.29 is 13.5 Å². The second-order valence-electron chi connectivity index (χ2n) is 7.14. The Morgan fingerprint density at radius 2 is 1.84 bits per heavy atom. The molecule has 9 heteroatoms. The third-order valence-electron chi connectivity index (χ3n) is 5.08. The van der Waals surface area contributed by atoms with Gasteiger partial charge in [0, 0.05) is 18.1 Å². The van der Waals surface area contributed by atoms with E-state index in [9.17, 15) is 13.5 Å². The molecule has 5 aromatic rings. The number of aliphatic imine (C=N–C) groups is 1. The first kappa shape index (κ1) is 20.4. The van der Waals surface area contributed by atoms with E-state index in [0.29, 0.717) is 11.3 Å². The highest BCUT2D eigenvalue weighted by Gasteiger charge is 2.15. The van der Waals surface area contributed by atoms with Crippen molar-refractivity contribution in [2.24, 2.45) is 4.99 Å². The molecule has 7 nitrogen and oxygen atoms in total. The van der Waals surface area contributed by atoms with Crippen LogP contribution >= 0.6 is 11.3 Å². The van der Waals surface area contributed by atoms with Gasteiger partial charge in [-0.2, -0.15) is 0 Å². The zero-order valence-electron chi connectivity index (χ0n) is 16.7. The van der Waals surface area contributed by atoms with E-state index in [4.69, 9.17) is 0 Å². The lowest BCUT2D eigenvalue weighted by atomic mass is 10.1. The van der Waals surface area contributed by atoms with Crippen molar-refractivity contribution >= 4 is 54.4 Å². The Bertz CT molecular complexity index is 1540. The maximum atomic E-state index is 12.6. The first-order valence-corrected chi connectivity index (χ1v) is 12.1. The van der Waals surface area contributed by atoms with E-state index in [0.717, 1.165) is 26.7 Å². The minimum Gasteiger partial charge on any atom is -0.494 e. The smallest absolute Gasteiger partial charge is 0.240 e. The number of benzene rings is 3. The van der Waals surface area contributed by atoms with Crippen molar-refractivity contribution in [1.82, 2.24) is 14.7 Å². The number of aromatic nitrogens is 2. The first-order valence-electron chi connectivity index (χ1n) is 9.76. The number of nitrogens with zero attached hydrogens (tertiary/aromatic N) is 2. The summed E-state index contributed by atoms with van der Waals surface area (Å²) >= 11 is 1.50. The summed E-state index contributed by atoms with van der Waals surface area (Å²) in [5.41, 5.74) is 5.43. The summed E-state index contributed by atoms with van der Waals surface area (Å²) in [7, 11) is -3.64. The van der Waals surface area contributed by atoms with Crippen LogP contribution in [0.4, 0.5) is 5.69 Å². The van der Waals surface area contributed by atoms with Crippen LogP contribution in [0.5, 0.6) is 5.88 Å². The van der Waals surface area contributed by atoms with Gasteiger partial charge in [-0.1, -0.05) is 30.3 Å². The summed E-state index contributed by atoms with van der Waals surface area (Å²) in [6.07, 6.45) is 1.57. The number of sulfonamides is 1. The summed E-state index contributed by atoms with van der Waals surface area (Å²) < 4.78 is 28.7. The second kappa shape index (κ2) is 8.19. The summed E-state index contributed by atoms with van der Waals surface area (Å²) in [4.78, 5) is 11.9. The van der Waals surface area contributed by atoms with Gasteiger partial charge < -0.3 is 10.1 Å². The van der Waals surface area contributed by atoms with Gasteiger partial charge >= 0.3 is 0 Å². The summed E-state index contributed by atoms with van der Waals surface area (Å²) in [6.45, 7) is 0.217. The molecule has 0 bridgehead atoms. The quantitative estimate of drug-likeness (QED) is 0.318. The number of fused-ring (bicyclic) bond motifs is 3. The van der Waals surface area contributed by atoms with Crippen LogP contribution in [0.3, 0.4) is 0 Å². The van der Waals surface area contributed by atoms with Crippen molar-refractivity contribution in [1.29, 1.82) is 0 Å². The highest BCUT2D eigenvalue weighted by Crippen LogP contribution is 2.34. The van der Waals surface area contributed by atoms with E-state index in [1.54, 1.807) is 23.9 Å². The Hall–Kier alpha value is -3.53. The number of hydrogen-bond donors (Lipinski definition) is 3. The number of nitrogens with one attached hydrogen (secondary N) is 2. The molecule has 0 aliphatic heterocycles. The van der Waals surface area contributed by atoms with Crippen LogP contribution in [0.25, 0.3) is 21.1 Å². The van der Waals surface area contributed by atoms with Crippen LogP contribution in [-0.2, 0) is 16.6 Å². The predicted molar refractivity (Wildman–Crippen MR) is 127 cm³/mol. The molecule has 160 valence electrons. The van der Waals surface area contributed by atoms with Crippen molar-refractivity contribution in [2.45, 2.75) is 11.4 Å². The van der Waals surface area contributed by atoms with Gasteiger partial charge in [-0.05, 0) is 42.0 Å². The fourth-order valence-corrected chi connectivity index (χ4v) is 5.32. The van der Waals surface area contributed by atoms with Gasteiger partial charge in [0.05, 0.1) is 37.4 Å². The topological polar surface area (TPSA) is 107 Å². The minimum absolute atomic E-state index is 0.0222. The molecule has 3 aromatic carbocycles. The van der Waals surface area contributed by atoms with Crippen molar-refractivity contribution in [3.05, 3.63) is 83.4 Å². The van der Waals surface area contributed by atoms with E-state index < -0.39 is 10.0 Å². The minimum atomic E-state index is -3.64. The molecule has 5 rings (SSSR count). The second-order valence-corrected chi connectivity index (χ2v) is 9.76. The number of H-pyrrole nitrogens is 1. The molecule has 0 radical (unpaired) electrons. The molecule has 32 heavy (non-hydrogen) atoms. The van der Waals surface area contributed by atoms with Crippen LogP contribution < -0.4 is 4.72 Å². The van der Waals surface area contributed by atoms with Crippen LogP contribution in [0.2, 0.25) is 0 Å². The van der Waals surface area contributed by atoms with E-state index in [2.05, 4.69) is 19.7 Å². The van der Waals surface area contributed by atoms with Crippen LogP contribution in [0, 0.1) is 0 Å². The first-order chi connectivity index (χ1) is 15.5. The number of aromatic hydroxyl groups is 1. The monoisotopic (exact) mass is 462 g/mol. The molecule has 0 unspecified atom stereocenters. The van der Waals surface area contributed by atoms with Gasteiger partial charge in [-0.3, -0.25) is 4.99 Å². The van der Waals surface area contributed by atoms with Crippen molar-refractivity contribution in [3.63, 3.8) is 0 Å². The van der Waals surface area contributed by atoms with Crippen LogP contribution in [0.15, 0.2) is 82.1 Å². The number of aromatic amines is 1. The molecule has 0 fully saturated rings. The van der Waals surface area contributed by atoms with Gasteiger partial charge in [0.2, 0.25) is 10.0 Å². The predicted octanol–water partition coefficient (Wildman–Crippen LogP) is 4.71. The average molecular weight is 463 g/mol. The highest BCUT2D eigenvalue weighted by molar-refractivity contribution is 7.89. The highest BCUT2D eigenvalue weighted by atomic mass is 32.2. The average Bonchev–Trinajstić information content (AvgIpc) is 3.41. The molecular weight excluding hydrogens is 444 g/mol. The molecule has 0 spiro atoms. The van der Waals surface area contributed by atoms with Gasteiger partial charge in [0.25, 0.3) is 0 Å². The van der Waals surface area contributed by atoms with Gasteiger partial charge in [0.1, 0.15) is 0 Å². The normalized spacial score (nSPS) is 12.2. The standard InChI is InChI=1S/C23H18N4O3S2/c28-23-18(21-19(27-23)10-11-20-22(21)31-14-25-20)13-24-16-6-8-17(9-7-16)32(29,30)26-12-15-4-2-1-3-5-15/h1-11,13-14,26-28H,12H2. The Balaban J connectivity index is 1.38. The SMILES string of the molecule is O=S(=O)(NCc1ccccc1)c1ccc(N=Cc2c(O)[nH]c3ccc4ncsc4c23)cc1. The number of hydrogen-bond acceptors (Lipinski definition) is 6. The lowest BCUT2D eigenvalue weighted by molar-refractivity contribution is 0.457. The van der Waals surface area contributed by atoms with Crippen LogP contribution in [0.1, 0.15) is 11.1 Å². The maximum absolute atomic E-state index is 12.6. The van der Waals surface area contributed by atoms with E-state index >= 15 is 0 Å². The van der Waals surface area contributed by atoms with E-state index in [1.807, 2.05) is 42.5 Å². The molecule has 0 saturated heterocycles. The molecular formula is C23H18N4O3S2. The van der Waals surface area contributed by atoms with Crippen molar-refractivity contribution in [2.75, 3.05) is 0 Å². The third-order valence-corrected chi connectivity index (χ3v) is 7.35. The molecule has 0 atom stereocenters. The van der Waals surface area contributed by atoms with E-state index in [1.165, 1.54) is 23.5 Å². The maximum Gasteiger partial charge on any atom is 0.240 e. The molecule has 0 aliphatic carbocycles. The largest absolute Gasteiger partial charge is 0.494 e. The molecule has 0 amide bonds. The molecule has 2 heterocycles.